The van der Waals surface area contributed by atoms with Crippen molar-refractivity contribution in [2.24, 2.45) is 0 Å². The lowest BCUT2D eigenvalue weighted by atomic mass is 9.93. The Kier molecular flexibility index (Phi) is 7.08. The highest BCUT2D eigenvalue weighted by molar-refractivity contribution is 5.91. The largest absolute Gasteiger partial charge is 0.355 e. The summed E-state index contributed by atoms with van der Waals surface area (Å²) in [6.45, 7) is 10.4. The molecule has 1 aliphatic heterocycles. The average Bonchev–Trinajstić information content (AvgIpc) is 3.23. The highest BCUT2D eigenvalue weighted by Crippen LogP contribution is 2.29. The Bertz CT molecular complexity index is 1090. The van der Waals surface area contributed by atoms with E-state index < -0.39 is 0 Å². The number of nitrogens with one attached hydrogen (secondary N) is 2. The summed E-state index contributed by atoms with van der Waals surface area (Å²) in [5.74, 6) is 1.05. The molecule has 0 saturated carbocycles. The second-order valence-corrected chi connectivity index (χ2v) is 9.29. The number of pyridine rings is 1. The number of carbonyl (C=O) groups is 1. The summed E-state index contributed by atoms with van der Waals surface area (Å²) in [6.07, 6.45) is 3.86. The van der Waals surface area contributed by atoms with Crippen molar-refractivity contribution in [3.63, 3.8) is 0 Å². The quantitative estimate of drug-likeness (QED) is 0.532. The lowest BCUT2D eigenvalue weighted by Gasteiger charge is -2.32. The van der Waals surface area contributed by atoms with Gasteiger partial charge in [0.25, 0.3) is 0 Å². The first kappa shape index (κ1) is 23.0. The van der Waals surface area contributed by atoms with Gasteiger partial charge in [0, 0.05) is 47.3 Å². The molecule has 1 atom stereocenters. The number of benzene rings is 1. The molecule has 33 heavy (non-hydrogen) atoms. The van der Waals surface area contributed by atoms with Crippen LogP contribution in [0.2, 0.25) is 0 Å². The van der Waals surface area contributed by atoms with Gasteiger partial charge in [-0.05, 0) is 71.3 Å². The normalized spacial score (nSPS) is 16.7. The van der Waals surface area contributed by atoms with Gasteiger partial charge in [0.15, 0.2) is 0 Å². The maximum absolute atomic E-state index is 12.7. The number of nitrogens with zero attached hydrogens (tertiary/aromatic N) is 4. The van der Waals surface area contributed by atoms with Gasteiger partial charge in [0.2, 0.25) is 5.91 Å². The van der Waals surface area contributed by atoms with Crippen LogP contribution in [0.4, 0.5) is 17.2 Å². The molecule has 0 radical (unpaired) electrons. The van der Waals surface area contributed by atoms with Crippen LogP contribution < -0.4 is 10.6 Å². The predicted octanol–water partition coefficient (Wildman–Crippen LogP) is 5.04. The molecule has 0 spiro atoms. The van der Waals surface area contributed by atoms with Crippen LogP contribution in [0.3, 0.4) is 0 Å². The van der Waals surface area contributed by atoms with Gasteiger partial charge in [-0.2, -0.15) is 5.10 Å². The van der Waals surface area contributed by atoms with Gasteiger partial charge in [0.05, 0.1) is 12.7 Å². The van der Waals surface area contributed by atoms with E-state index in [4.69, 9.17) is 4.98 Å². The lowest BCUT2D eigenvalue weighted by Crippen LogP contribution is -2.40. The number of anilines is 3. The molecule has 1 fully saturated rings. The summed E-state index contributed by atoms with van der Waals surface area (Å²) in [5, 5.41) is 10.8. The SMILES string of the molecule is Cc1ccc(Nc2cc(C)nc([C@H]3CCCN(CC(=O)Nc4ccnn4C(C)C)C3)c2)cc1. The fraction of sp³-hybridized carbons (Fsp3) is 0.423. The molecule has 1 aromatic carbocycles. The van der Waals surface area contributed by atoms with E-state index in [2.05, 4.69) is 77.8 Å². The highest BCUT2D eigenvalue weighted by atomic mass is 16.2. The van der Waals surface area contributed by atoms with Crippen molar-refractivity contribution in [3.05, 3.63) is 65.6 Å². The molecule has 2 aromatic heterocycles. The second kappa shape index (κ2) is 10.2. The van der Waals surface area contributed by atoms with Crippen molar-refractivity contribution in [2.45, 2.75) is 52.5 Å². The van der Waals surface area contributed by atoms with Crippen molar-refractivity contribution >= 4 is 23.1 Å². The molecule has 2 N–H and O–H groups in total. The minimum absolute atomic E-state index is 0.00280. The third-order valence-electron chi connectivity index (χ3n) is 6.03. The molecule has 174 valence electrons. The second-order valence-electron chi connectivity index (χ2n) is 9.29. The molecule has 0 bridgehead atoms. The van der Waals surface area contributed by atoms with Crippen LogP contribution in [-0.2, 0) is 4.79 Å². The molecule has 0 aliphatic carbocycles. The first-order valence-corrected chi connectivity index (χ1v) is 11.8. The van der Waals surface area contributed by atoms with Gasteiger partial charge < -0.3 is 10.6 Å². The molecule has 7 nitrogen and oxygen atoms in total. The van der Waals surface area contributed by atoms with Crippen molar-refractivity contribution in [2.75, 3.05) is 30.3 Å². The molecule has 1 amide bonds. The Morgan fingerprint density at radius 3 is 2.67 bits per heavy atom. The monoisotopic (exact) mass is 446 g/mol. The molecule has 3 aromatic rings. The van der Waals surface area contributed by atoms with E-state index in [1.807, 2.05) is 17.7 Å². The maximum atomic E-state index is 12.7. The number of carbonyl (C=O) groups excluding carboxylic acids is 1. The number of amides is 1. The number of aromatic nitrogens is 3. The molecule has 1 saturated heterocycles. The number of hydrogen-bond acceptors (Lipinski definition) is 5. The average molecular weight is 447 g/mol. The Morgan fingerprint density at radius 1 is 1.12 bits per heavy atom. The van der Waals surface area contributed by atoms with Gasteiger partial charge in [-0.15, -0.1) is 0 Å². The Labute approximate surface area is 196 Å². The zero-order valence-corrected chi connectivity index (χ0v) is 20.0. The van der Waals surface area contributed by atoms with Crippen LogP contribution in [0.25, 0.3) is 0 Å². The molecular weight excluding hydrogens is 412 g/mol. The van der Waals surface area contributed by atoms with Gasteiger partial charge in [-0.25, -0.2) is 4.68 Å². The molecule has 3 heterocycles. The van der Waals surface area contributed by atoms with Crippen LogP contribution >= 0.6 is 0 Å². The third kappa shape index (κ3) is 5.99. The Morgan fingerprint density at radius 2 is 1.91 bits per heavy atom. The van der Waals surface area contributed by atoms with Crippen LogP contribution in [0.15, 0.2) is 48.7 Å². The van der Waals surface area contributed by atoms with E-state index in [0.717, 1.165) is 54.5 Å². The minimum atomic E-state index is -0.00280. The van der Waals surface area contributed by atoms with E-state index in [0.29, 0.717) is 12.5 Å². The summed E-state index contributed by atoms with van der Waals surface area (Å²) >= 11 is 0. The molecule has 7 heteroatoms. The Balaban J connectivity index is 1.40. The van der Waals surface area contributed by atoms with E-state index in [1.165, 1.54) is 5.56 Å². The number of piperidine rings is 1. The highest BCUT2D eigenvalue weighted by Gasteiger charge is 2.24. The lowest BCUT2D eigenvalue weighted by molar-refractivity contribution is -0.117. The maximum Gasteiger partial charge on any atom is 0.239 e. The van der Waals surface area contributed by atoms with Gasteiger partial charge >= 0.3 is 0 Å². The molecule has 4 rings (SSSR count). The summed E-state index contributed by atoms with van der Waals surface area (Å²) in [4.78, 5) is 19.8. The van der Waals surface area contributed by atoms with Crippen LogP contribution in [0.1, 0.15) is 55.6 Å². The fourth-order valence-electron chi connectivity index (χ4n) is 4.43. The van der Waals surface area contributed by atoms with Crippen LogP contribution in [0, 0.1) is 13.8 Å². The smallest absolute Gasteiger partial charge is 0.239 e. The topological polar surface area (TPSA) is 75.1 Å². The number of rotatable bonds is 7. The predicted molar refractivity (Wildman–Crippen MR) is 133 cm³/mol. The number of hydrogen-bond donors (Lipinski definition) is 2. The van der Waals surface area contributed by atoms with Crippen molar-refractivity contribution < 1.29 is 4.79 Å². The molecule has 0 unspecified atom stereocenters. The minimum Gasteiger partial charge on any atom is -0.355 e. The summed E-state index contributed by atoms with van der Waals surface area (Å²) in [6, 6.07) is 14.7. The summed E-state index contributed by atoms with van der Waals surface area (Å²) in [7, 11) is 0. The van der Waals surface area contributed by atoms with Crippen molar-refractivity contribution in [3.8, 4) is 0 Å². The standard InChI is InChI=1S/C26H34N6O/c1-18(2)32-25(11-12-27-32)30-26(33)17-31-13-5-6-21(16-31)24-15-23(14-20(4)28-24)29-22-9-7-19(3)8-10-22/h7-12,14-15,18,21H,5-6,13,16-17H2,1-4H3,(H,28,29)(H,30,33)/t21-/m0/s1. The Hall–Kier alpha value is -3.19. The van der Waals surface area contributed by atoms with Crippen LogP contribution in [0.5, 0.6) is 0 Å². The van der Waals surface area contributed by atoms with E-state index in [9.17, 15) is 4.79 Å². The first-order chi connectivity index (χ1) is 15.9. The van der Waals surface area contributed by atoms with Crippen molar-refractivity contribution in [1.82, 2.24) is 19.7 Å². The van der Waals surface area contributed by atoms with Gasteiger partial charge in [0.1, 0.15) is 5.82 Å². The number of likely N-dealkylation sites (tertiary alicyclic amines) is 1. The summed E-state index contributed by atoms with van der Waals surface area (Å²) in [5.41, 5.74) is 5.46. The van der Waals surface area contributed by atoms with Gasteiger partial charge in [-0.3, -0.25) is 14.7 Å². The third-order valence-corrected chi connectivity index (χ3v) is 6.03. The van der Waals surface area contributed by atoms with E-state index in [1.54, 1.807) is 6.20 Å². The van der Waals surface area contributed by atoms with Crippen molar-refractivity contribution in [1.29, 1.82) is 0 Å². The van der Waals surface area contributed by atoms with E-state index >= 15 is 0 Å². The number of aryl methyl sites for hydroxylation is 2. The zero-order chi connectivity index (χ0) is 23.4. The van der Waals surface area contributed by atoms with E-state index in [-0.39, 0.29) is 11.9 Å². The fourth-order valence-corrected chi connectivity index (χ4v) is 4.43. The summed E-state index contributed by atoms with van der Waals surface area (Å²) < 4.78 is 1.83. The van der Waals surface area contributed by atoms with Gasteiger partial charge in [-0.1, -0.05) is 17.7 Å². The first-order valence-electron chi connectivity index (χ1n) is 11.8. The molecular formula is C26H34N6O. The molecule has 1 aliphatic rings. The van der Waals surface area contributed by atoms with Crippen LogP contribution in [-0.4, -0.2) is 45.2 Å². The zero-order valence-electron chi connectivity index (χ0n) is 20.0.